The molecule has 2 N–H and O–H groups in total. The second-order valence-electron chi connectivity index (χ2n) is 9.31. The monoisotopic (exact) mass is 399 g/mol. The predicted molar refractivity (Wildman–Crippen MR) is 115 cm³/mol. The van der Waals surface area contributed by atoms with E-state index in [1.165, 1.54) is 0 Å². The van der Waals surface area contributed by atoms with Crippen molar-refractivity contribution in [3.63, 3.8) is 0 Å². The molecule has 0 radical (unpaired) electrons. The highest BCUT2D eigenvalue weighted by molar-refractivity contribution is 5.86. The van der Waals surface area contributed by atoms with Gasteiger partial charge in [-0.15, -0.1) is 0 Å². The standard InChI is InChI=1S/C20H41N5O3/c1-11-21-17(24(9)14-16(26)23-19(3,4)5)22-12-15(2)13-25(10)18(27)28-20(6,7)8/h15H,11-14H2,1-10H3,(H,21,22)(H,23,26). The van der Waals surface area contributed by atoms with Crippen LogP contribution < -0.4 is 10.6 Å². The summed E-state index contributed by atoms with van der Waals surface area (Å²) in [5.74, 6) is 0.750. The lowest BCUT2D eigenvalue weighted by Gasteiger charge is -2.27. The lowest BCUT2D eigenvalue weighted by Crippen LogP contribution is -2.49. The number of nitrogens with zero attached hydrogens (tertiary/aromatic N) is 3. The molecule has 0 aliphatic carbocycles. The van der Waals surface area contributed by atoms with E-state index in [0.717, 1.165) is 0 Å². The van der Waals surface area contributed by atoms with Crippen molar-refractivity contribution in [2.24, 2.45) is 10.9 Å². The molecule has 0 spiro atoms. The van der Waals surface area contributed by atoms with Gasteiger partial charge in [-0.05, 0) is 54.4 Å². The molecule has 0 fully saturated rings. The molecular weight excluding hydrogens is 358 g/mol. The summed E-state index contributed by atoms with van der Waals surface area (Å²) in [7, 11) is 3.56. The van der Waals surface area contributed by atoms with Gasteiger partial charge in [0.2, 0.25) is 5.91 Å². The van der Waals surface area contributed by atoms with Crippen molar-refractivity contribution in [2.75, 3.05) is 40.3 Å². The molecule has 8 nitrogen and oxygen atoms in total. The summed E-state index contributed by atoms with van der Waals surface area (Å²) in [5.41, 5.74) is -0.782. The fraction of sp³-hybridized carbons (Fsp3) is 0.850. The average Bonchev–Trinajstić information content (AvgIpc) is 2.47. The molecule has 0 aliphatic heterocycles. The maximum Gasteiger partial charge on any atom is 0.410 e. The quantitative estimate of drug-likeness (QED) is 0.507. The first-order valence-electron chi connectivity index (χ1n) is 9.89. The SMILES string of the molecule is CCNC(=NCC(C)CN(C)C(=O)OC(C)(C)C)N(C)CC(=O)NC(C)(C)C. The summed E-state index contributed by atoms with van der Waals surface area (Å²) in [4.78, 5) is 32.2. The Hall–Kier alpha value is -1.99. The molecular formula is C20H41N5O3. The van der Waals surface area contributed by atoms with E-state index in [0.29, 0.717) is 25.6 Å². The van der Waals surface area contributed by atoms with Crippen molar-refractivity contribution in [3.8, 4) is 0 Å². The van der Waals surface area contributed by atoms with Gasteiger partial charge in [-0.3, -0.25) is 9.79 Å². The highest BCUT2D eigenvalue weighted by Crippen LogP contribution is 2.10. The lowest BCUT2D eigenvalue weighted by atomic mass is 10.1. The Balaban J connectivity index is 4.78. The number of carbonyl (C=O) groups excluding carboxylic acids is 2. The van der Waals surface area contributed by atoms with E-state index in [2.05, 4.69) is 15.6 Å². The van der Waals surface area contributed by atoms with Gasteiger partial charge >= 0.3 is 6.09 Å². The summed E-state index contributed by atoms with van der Waals surface area (Å²) in [6.45, 7) is 17.4. The van der Waals surface area contributed by atoms with Crippen LogP contribution in [0.2, 0.25) is 0 Å². The summed E-state index contributed by atoms with van der Waals surface area (Å²) in [6.07, 6.45) is -0.341. The van der Waals surface area contributed by atoms with Crippen LogP contribution in [-0.2, 0) is 9.53 Å². The highest BCUT2D eigenvalue weighted by atomic mass is 16.6. The van der Waals surface area contributed by atoms with E-state index in [4.69, 9.17) is 4.74 Å². The van der Waals surface area contributed by atoms with Crippen molar-refractivity contribution >= 4 is 18.0 Å². The summed E-state index contributed by atoms with van der Waals surface area (Å²) in [6, 6.07) is 0. The van der Waals surface area contributed by atoms with Crippen molar-refractivity contribution < 1.29 is 14.3 Å². The van der Waals surface area contributed by atoms with Crippen molar-refractivity contribution in [1.29, 1.82) is 0 Å². The number of aliphatic imine (C=N–C) groups is 1. The third-order valence-corrected chi connectivity index (χ3v) is 3.44. The molecule has 8 heteroatoms. The first-order valence-corrected chi connectivity index (χ1v) is 9.89. The Bertz CT molecular complexity index is 535. The van der Waals surface area contributed by atoms with Gasteiger partial charge in [-0.25, -0.2) is 4.79 Å². The molecule has 0 bridgehead atoms. The van der Waals surface area contributed by atoms with Gasteiger partial charge in [0, 0.05) is 39.3 Å². The Morgan fingerprint density at radius 1 is 1.07 bits per heavy atom. The Morgan fingerprint density at radius 2 is 1.64 bits per heavy atom. The van der Waals surface area contributed by atoms with Crippen LogP contribution >= 0.6 is 0 Å². The molecule has 28 heavy (non-hydrogen) atoms. The number of carbonyl (C=O) groups is 2. The van der Waals surface area contributed by atoms with E-state index in [-0.39, 0.29) is 30.0 Å². The number of likely N-dealkylation sites (N-methyl/N-ethyl adjacent to an activating group) is 1. The van der Waals surface area contributed by atoms with Crippen LogP contribution in [-0.4, -0.2) is 79.2 Å². The van der Waals surface area contributed by atoms with Crippen molar-refractivity contribution in [2.45, 2.75) is 66.5 Å². The molecule has 0 saturated heterocycles. The minimum absolute atomic E-state index is 0.0571. The van der Waals surface area contributed by atoms with Crippen LogP contribution in [0.15, 0.2) is 4.99 Å². The number of hydrogen-bond donors (Lipinski definition) is 2. The maximum absolute atomic E-state index is 12.2. The number of hydrogen-bond acceptors (Lipinski definition) is 4. The van der Waals surface area contributed by atoms with Crippen molar-refractivity contribution in [1.82, 2.24) is 20.4 Å². The zero-order valence-electron chi connectivity index (χ0n) is 19.5. The Morgan fingerprint density at radius 3 is 2.11 bits per heavy atom. The average molecular weight is 400 g/mol. The van der Waals surface area contributed by atoms with Gasteiger partial charge in [-0.2, -0.15) is 0 Å². The Labute approximate surface area is 171 Å². The van der Waals surface area contributed by atoms with Gasteiger partial charge in [0.25, 0.3) is 0 Å². The summed E-state index contributed by atoms with van der Waals surface area (Å²) in [5, 5.41) is 6.15. The van der Waals surface area contributed by atoms with Crippen LogP contribution in [0.1, 0.15) is 55.4 Å². The van der Waals surface area contributed by atoms with Crippen molar-refractivity contribution in [3.05, 3.63) is 0 Å². The summed E-state index contributed by atoms with van der Waals surface area (Å²) < 4.78 is 5.37. The van der Waals surface area contributed by atoms with Gasteiger partial charge in [0.1, 0.15) is 5.60 Å². The molecule has 164 valence electrons. The second-order valence-corrected chi connectivity index (χ2v) is 9.31. The molecule has 0 rings (SSSR count). The number of guanidine groups is 1. The fourth-order valence-electron chi connectivity index (χ4n) is 2.40. The fourth-order valence-corrected chi connectivity index (χ4v) is 2.40. The number of amides is 2. The number of nitrogens with one attached hydrogen (secondary N) is 2. The zero-order valence-corrected chi connectivity index (χ0v) is 19.5. The molecule has 0 heterocycles. The van der Waals surface area contributed by atoms with Crippen LogP contribution in [0.4, 0.5) is 4.79 Å². The first-order chi connectivity index (χ1) is 12.6. The first kappa shape index (κ1) is 26.0. The number of rotatable bonds is 7. The van der Waals surface area contributed by atoms with Crippen LogP contribution in [0.5, 0.6) is 0 Å². The van der Waals surface area contributed by atoms with E-state index in [9.17, 15) is 9.59 Å². The van der Waals surface area contributed by atoms with Gasteiger partial charge < -0.3 is 25.2 Å². The molecule has 1 atom stereocenters. The van der Waals surface area contributed by atoms with E-state index in [1.807, 2.05) is 62.4 Å². The molecule has 0 aromatic carbocycles. The smallest absolute Gasteiger partial charge is 0.410 e. The minimum atomic E-state index is -0.513. The molecule has 0 saturated carbocycles. The molecule has 0 aliphatic rings. The normalized spacial score (nSPS) is 13.6. The molecule has 0 aromatic rings. The molecule has 2 amide bonds. The van der Waals surface area contributed by atoms with Gasteiger partial charge in [0.05, 0.1) is 6.54 Å². The second kappa shape index (κ2) is 11.1. The van der Waals surface area contributed by atoms with E-state index >= 15 is 0 Å². The topological polar surface area (TPSA) is 86.3 Å². The summed E-state index contributed by atoms with van der Waals surface area (Å²) >= 11 is 0. The zero-order chi connectivity index (χ0) is 22.1. The Kier molecular flexibility index (Phi) is 10.3. The van der Waals surface area contributed by atoms with E-state index in [1.54, 1.807) is 16.8 Å². The largest absolute Gasteiger partial charge is 0.444 e. The van der Waals surface area contributed by atoms with Gasteiger partial charge in [-0.1, -0.05) is 6.92 Å². The van der Waals surface area contributed by atoms with Gasteiger partial charge in [0.15, 0.2) is 5.96 Å². The third-order valence-electron chi connectivity index (χ3n) is 3.44. The predicted octanol–water partition coefficient (Wildman–Crippen LogP) is 2.30. The van der Waals surface area contributed by atoms with Crippen LogP contribution in [0.25, 0.3) is 0 Å². The van der Waals surface area contributed by atoms with Crippen LogP contribution in [0, 0.1) is 5.92 Å². The van der Waals surface area contributed by atoms with E-state index < -0.39 is 5.60 Å². The third kappa shape index (κ3) is 12.4. The molecule has 1 unspecified atom stereocenters. The molecule has 0 aromatic heterocycles. The maximum atomic E-state index is 12.2. The van der Waals surface area contributed by atoms with Crippen LogP contribution in [0.3, 0.4) is 0 Å². The highest BCUT2D eigenvalue weighted by Gasteiger charge is 2.21. The minimum Gasteiger partial charge on any atom is -0.444 e. The lowest BCUT2D eigenvalue weighted by molar-refractivity contribution is -0.122. The number of ether oxygens (including phenoxy) is 1.